The molecular formula is C15H32OSi. The van der Waals surface area contributed by atoms with Crippen LogP contribution in [0.4, 0.5) is 0 Å². The quantitative estimate of drug-likeness (QED) is 0.314. The molecule has 102 valence electrons. The maximum Gasteiger partial charge on any atom is 0.250 e. The normalized spacial score (nSPS) is 13.9. The fraction of sp³-hybridized carbons (Fsp3) is 0.867. The van der Waals surface area contributed by atoms with Gasteiger partial charge in [-0.05, 0) is 44.0 Å². The van der Waals surface area contributed by atoms with Gasteiger partial charge in [-0.15, -0.1) is 0 Å². The highest BCUT2D eigenvalue weighted by atomic mass is 28.4. The first kappa shape index (κ1) is 16.8. The van der Waals surface area contributed by atoms with Crippen molar-refractivity contribution in [2.75, 3.05) is 0 Å². The van der Waals surface area contributed by atoms with E-state index in [-0.39, 0.29) is 0 Å². The second-order valence-electron chi connectivity index (χ2n) is 6.53. The molecule has 0 unspecified atom stereocenters. The molecule has 0 aliphatic rings. The van der Waals surface area contributed by atoms with E-state index in [2.05, 4.69) is 53.8 Å². The molecule has 0 saturated carbocycles. The Kier molecular flexibility index (Phi) is 7.15. The molecule has 0 aromatic carbocycles. The molecule has 0 amide bonds. The Balaban J connectivity index is 4.07. The zero-order chi connectivity index (χ0) is 13.5. The molecule has 0 aromatic heterocycles. The lowest BCUT2D eigenvalue weighted by atomic mass is 10.1. The smallest absolute Gasteiger partial charge is 0.250 e. The number of hydrogen-bond acceptors (Lipinski definition) is 1. The van der Waals surface area contributed by atoms with Crippen LogP contribution in [0.1, 0.15) is 66.7 Å². The summed E-state index contributed by atoms with van der Waals surface area (Å²) in [7, 11) is -1.61. The molecule has 2 heteroatoms. The summed E-state index contributed by atoms with van der Waals surface area (Å²) in [6.45, 7) is 15.8. The van der Waals surface area contributed by atoms with Crippen LogP contribution >= 0.6 is 0 Å². The average molecular weight is 257 g/mol. The number of unbranched alkanes of at least 4 members (excludes halogenated alkanes) is 4. The van der Waals surface area contributed by atoms with E-state index in [1.807, 2.05) is 0 Å². The minimum absolute atomic E-state index is 0.296. The maximum absolute atomic E-state index is 6.21. The Morgan fingerprint density at radius 2 is 1.71 bits per heavy atom. The first-order valence-corrected chi connectivity index (χ1v) is 9.97. The van der Waals surface area contributed by atoms with Gasteiger partial charge in [0.2, 0.25) is 8.32 Å². The van der Waals surface area contributed by atoms with Crippen molar-refractivity contribution in [1.82, 2.24) is 0 Å². The van der Waals surface area contributed by atoms with Gasteiger partial charge >= 0.3 is 0 Å². The van der Waals surface area contributed by atoms with Crippen molar-refractivity contribution >= 4 is 8.32 Å². The molecule has 0 aliphatic heterocycles. The minimum Gasteiger partial charge on any atom is -0.547 e. The molecular weight excluding hydrogens is 224 g/mol. The van der Waals surface area contributed by atoms with Gasteiger partial charge < -0.3 is 4.43 Å². The fourth-order valence-electron chi connectivity index (χ4n) is 1.47. The molecule has 17 heavy (non-hydrogen) atoms. The molecule has 0 rings (SSSR count). The van der Waals surface area contributed by atoms with Crippen LogP contribution in [0, 0.1) is 0 Å². The second kappa shape index (κ2) is 7.25. The van der Waals surface area contributed by atoms with Crippen molar-refractivity contribution in [3.8, 4) is 0 Å². The van der Waals surface area contributed by atoms with Crippen LogP contribution in [0.15, 0.2) is 11.8 Å². The highest BCUT2D eigenvalue weighted by Crippen LogP contribution is 2.37. The Morgan fingerprint density at radius 1 is 1.12 bits per heavy atom. The standard InChI is InChI=1S/C15H32OSi/c1-8-9-10-11-12-13-14(2)16-17(6,7)15(3,4)5/h13H,8-12H2,1-7H3/b14-13-. The molecule has 0 saturated heterocycles. The summed E-state index contributed by atoms with van der Waals surface area (Å²) in [5, 5.41) is 0.296. The summed E-state index contributed by atoms with van der Waals surface area (Å²) < 4.78 is 6.21. The van der Waals surface area contributed by atoms with Gasteiger partial charge in [-0.2, -0.15) is 0 Å². The van der Waals surface area contributed by atoms with E-state index in [1.54, 1.807) is 0 Å². The van der Waals surface area contributed by atoms with Crippen molar-refractivity contribution in [2.45, 2.75) is 84.9 Å². The predicted octanol–water partition coefficient (Wildman–Crippen LogP) is 5.88. The van der Waals surface area contributed by atoms with E-state index < -0.39 is 8.32 Å². The molecule has 0 radical (unpaired) electrons. The Labute approximate surface area is 110 Å². The number of hydrogen-bond donors (Lipinski definition) is 0. The van der Waals surface area contributed by atoms with Crippen LogP contribution in [-0.4, -0.2) is 8.32 Å². The van der Waals surface area contributed by atoms with Gasteiger partial charge in [0, 0.05) is 0 Å². The van der Waals surface area contributed by atoms with Crippen molar-refractivity contribution in [2.24, 2.45) is 0 Å². The average Bonchev–Trinajstić information content (AvgIpc) is 2.14. The molecule has 0 spiro atoms. The highest BCUT2D eigenvalue weighted by molar-refractivity contribution is 6.74. The summed E-state index contributed by atoms with van der Waals surface area (Å²) >= 11 is 0. The molecule has 0 atom stereocenters. The Hall–Kier alpha value is -0.243. The van der Waals surface area contributed by atoms with Gasteiger partial charge in [0.05, 0.1) is 5.76 Å². The van der Waals surface area contributed by atoms with E-state index in [0.717, 1.165) is 5.76 Å². The maximum atomic E-state index is 6.21. The second-order valence-corrected chi connectivity index (χ2v) is 11.3. The summed E-state index contributed by atoms with van der Waals surface area (Å²) in [5.41, 5.74) is 0. The van der Waals surface area contributed by atoms with Gasteiger partial charge in [0.25, 0.3) is 0 Å². The molecule has 0 bridgehead atoms. The SMILES string of the molecule is CCCCCC/C=C(/C)O[Si](C)(C)C(C)(C)C. The largest absolute Gasteiger partial charge is 0.547 e. The van der Waals surface area contributed by atoms with Gasteiger partial charge in [-0.1, -0.05) is 47.0 Å². The van der Waals surface area contributed by atoms with Gasteiger partial charge in [0.15, 0.2) is 0 Å². The van der Waals surface area contributed by atoms with E-state index >= 15 is 0 Å². The zero-order valence-corrected chi connectivity index (χ0v) is 14.0. The minimum atomic E-state index is -1.61. The van der Waals surface area contributed by atoms with E-state index in [4.69, 9.17) is 4.43 Å². The lowest BCUT2D eigenvalue weighted by molar-refractivity contribution is 0.383. The van der Waals surface area contributed by atoms with Gasteiger partial charge in [0.1, 0.15) is 0 Å². The van der Waals surface area contributed by atoms with Crippen molar-refractivity contribution in [1.29, 1.82) is 0 Å². The summed E-state index contributed by atoms with van der Waals surface area (Å²) in [6, 6.07) is 0. The summed E-state index contributed by atoms with van der Waals surface area (Å²) in [5.74, 6) is 1.13. The van der Waals surface area contributed by atoms with Crippen LogP contribution < -0.4 is 0 Å². The van der Waals surface area contributed by atoms with Crippen LogP contribution in [0.25, 0.3) is 0 Å². The van der Waals surface area contributed by atoms with Crippen molar-refractivity contribution in [3.63, 3.8) is 0 Å². The van der Waals surface area contributed by atoms with Crippen LogP contribution in [-0.2, 0) is 4.43 Å². The first-order valence-electron chi connectivity index (χ1n) is 7.06. The summed E-state index contributed by atoms with van der Waals surface area (Å²) in [4.78, 5) is 0. The lowest BCUT2D eigenvalue weighted by Gasteiger charge is -2.36. The molecule has 0 heterocycles. The van der Waals surface area contributed by atoms with Gasteiger partial charge in [-0.3, -0.25) is 0 Å². The number of allylic oxidation sites excluding steroid dienone is 2. The Morgan fingerprint density at radius 3 is 2.18 bits per heavy atom. The highest BCUT2D eigenvalue weighted by Gasteiger charge is 2.38. The van der Waals surface area contributed by atoms with Gasteiger partial charge in [-0.25, -0.2) is 0 Å². The van der Waals surface area contributed by atoms with E-state index in [0.29, 0.717) is 5.04 Å². The van der Waals surface area contributed by atoms with Crippen LogP contribution in [0.3, 0.4) is 0 Å². The molecule has 1 nitrogen and oxygen atoms in total. The Bertz CT molecular complexity index is 236. The third kappa shape index (κ3) is 6.92. The van der Waals surface area contributed by atoms with Crippen molar-refractivity contribution < 1.29 is 4.43 Å². The molecule has 0 fully saturated rings. The first-order chi connectivity index (χ1) is 7.70. The molecule has 0 N–H and O–H groups in total. The van der Waals surface area contributed by atoms with Crippen molar-refractivity contribution in [3.05, 3.63) is 11.8 Å². The zero-order valence-electron chi connectivity index (χ0n) is 13.0. The molecule has 0 aromatic rings. The van der Waals surface area contributed by atoms with Crippen LogP contribution in [0.2, 0.25) is 18.1 Å². The molecule has 0 aliphatic carbocycles. The lowest BCUT2D eigenvalue weighted by Crippen LogP contribution is -2.40. The van der Waals surface area contributed by atoms with Crippen LogP contribution in [0.5, 0.6) is 0 Å². The topological polar surface area (TPSA) is 9.23 Å². The third-order valence-electron chi connectivity index (χ3n) is 3.71. The fourth-order valence-corrected chi connectivity index (χ4v) is 2.67. The van der Waals surface area contributed by atoms with E-state index in [1.165, 1.54) is 32.1 Å². The van der Waals surface area contributed by atoms with E-state index in [9.17, 15) is 0 Å². The third-order valence-corrected chi connectivity index (χ3v) is 8.16. The summed E-state index contributed by atoms with van der Waals surface area (Å²) in [6.07, 6.45) is 8.75. The monoisotopic (exact) mass is 256 g/mol. The number of rotatable bonds is 7. The predicted molar refractivity (Wildman–Crippen MR) is 80.8 cm³/mol.